The highest BCUT2D eigenvalue weighted by molar-refractivity contribution is 5.75. The van der Waals surface area contributed by atoms with E-state index in [0.29, 0.717) is 0 Å². The second-order valence-electron chi connectivity index (χ2n) is 7.53. The third-order valence-corrected chi connectivity index (χ3v) is 4.95. The Morgan fingerprint density at radius 3 is 1.58 bits per heavy atom. The zero-order valence-electron chi connectivity index (χ0n) is 18.1. The smallest absolute Gasteiger partial charge is 0.326 e. The van der Waals surface area contributed by atoms with Crippen LogP contribution in [0.4, 0.5) is 0 Å². The van der Waals surface area contributed by atoms with Crippen LogP contribution >= 0.6 is 0 Å². The summed E-state index contributed by atoms with van der Waals surface area (Å²) >= 11 is 0. The van der Waals surface area contributed by atoms with E-state index in [1.54, 1.807) is 4.90 Å². The highest BCUT2D eigenvalue weighted by Gasteiger charge is 2.26. The predicted octanol–water partition coefficient (Wildman–Crippen LogP) is -1.75. The summed E-state index contributed by atoms with van der Waals surface area (Å²) in [5.41, 5.74) is 0. The van der Waals surface area contributed by atoms with Crippen LogP contribution in [0, 0.1) is 0 Å². The number of hydrogen-bond acceptors (Lipinski definition) is 9. The Labute approximate surface area is 189 Å². The molecule has 0 aromatic heterocycles. The summed E-state index contributed by atoms with van der Waals surface area (Å²) in [6.07, 6.45) is 2.11. The number of aliphatic carboxylic acids is 5. The number of carboxylic acid groups (broad SMARTS) is 5. The van der Waals surface area contributed by atoms with Gasteiger partial charge in [-0.15, -0.1) is 0 Å². The van der Waals surface area contributed by atoms with E-state index in [1.807, 2.05) is 0 Å². The number of carbonyl (C=O) groups is 5. The molecule has 0 aromatic carbocycles. The summed E-state index contributed by atoms with van der Waals surface area (Å²) in [4.78, 5) is 62.2. The summed E-state index contributed by atoms with van der Waals surface area (Å²) in [6, 6.07) is -1.22. The van der Waals surface area contributed by atoms with Crippen LogP contribution in [0.2, 0.25) is 0 Å². The molecule has 0 saturated heterocycles. The molecule has 5 N–H and O–H groups in total. The Hall–Kier alpha value is -3.39. The molecule has 1 rings (SSSR count). The minimum Gasteiger partial charge on any atom is -0.481 e. The molecule has 0 saturated carbocycles. The molecule has 1 atom stereocenters. The van der Waals surface area contributed by atoms with E-state index in [4.69, 9.17) is 10.2 Å². The van der Waals surface area contributed by atoms with Crippen LogP contribution < -0.4 is 0 Å². The SMILES string of the molecule is O=C(O)CCC(C(=O)O)N1/C=C\N(CC(=O)O)CCN(CC(=O)O)CCN(CC(=O)O)CC1. The molecular weight excluding hydrogens is 444 g/mol. The molecular formula is C19H30N4O10. The molecule has 0 aliphatic carbocycles. The lowest BCUT2D eigenvalue weighted by molar-refractivity contribution is -0.144. The van der Waals surface area contributed by atoms with Crippen molar-refractivity contribution in [3.8, 4) is 0 Å². The fraction of sp³-hybridized carbons (Fsp3) is 0.632. The number of carboxylic acids is 5. The van der Waals surface area contributed by atoms with Crippen molar-refractivity contribution in [2.75, 3.05) is 58.9 Å². The standard InChI is InChI=1S/C19H30N4O10/c24-15(25)2-1-14(19(32)33)23-9-7-21(12-17(28)29)5-3-20(11-16(26)27)4-6-22(8-10-23)13-18(30)31/h7,9,14H,1-6,8,10-13H2,(H,24,25)(H,26,27)(H,28,29)(H,30,31)(H,32,33)/b9-7-. The molecule has 0 amide bonds. The van der Waals surface area contributed by atoms with Crippen LogP contribution in [0.5, 0.6) is 0 Å². The van der Waals surface area contributed by atoms with Gasteiger partial charge < -0.3 is 35.3 Å². The van der Waals surface area contributed by atoms with Gasteiger partial charge in [-0.05, 0) is 6.42 Å². The molecule has 0 spiro atoms. The fourth-order valence-electron chi connectivity index (χ4n) is 3.32. The lowest BCUT2D eigenvalue weighted by Gasteiger charge is -2.33. The fourth-order valence-corrected chi connectivity index (χ4v) is 3.32. The molecule has 14 heteroatoms. The van der Waals surface area contributed by atoms with E-state index in [0.717, 1.165) is 0 Å². The maximum Gasteiger partial charge on any atom is 0.326 e. The molecule has 1 unspecified atom stereocenters. The highest BCUT2D eigenvalue weighted by Crippen LogP contribution is 2.11. The van der Waals surface area contributed by atoms with Crippen molar-refractivity contribution >= 4 is 29.8 Å². The lowest BCUT2D eigenvalue weighted by Crippen LogP contribution is -2.47. The summed E-state index contributed by atoms with van der Waals surface area (Å²) in [6.45, 7) is -0.266. The Morgan fingerprint density at radius 1 is 0.636 bits per heavy atom. The average Bonchev–Trinajstić information content (AvgIpc) is 2.67. The first kappa shape index (κ1) is 27.6. The maximum atomic E-state index is 11.8. The van der Waals surface area contributed by atoms with Crippen molar-refractivity contribution in [1.82, 2.24) is 19.6 Å². The molecule has 14 nitrogen and oxygen atoms in total. The van der Waals surface area contributed by atoms with Crippen molar-refractivity contribution in [2.45, 2.75) is 18.9 Å². The van der Waals surface area contributed by atoms with Gasteiger partial charge >= 0.3 is 29.8 Å². The third-order valence-electron chi connectivity index (χ3n) is 4.95. The molecule has 0 radical (unpaired) electrons. The van der Waals surface area contributed by atoms with E-state index in [2.05, 4.69) is 0 Å². The van der Waals surface area contributed by atoms with E-state index < -0.39 is 48.9 Å². The number of rotatable bonds is 11. The number of hydrogen-bond donors (Lipinski definition) is 5. The Morgan fingerprint density at radius 2 is 1.12 bits per heavy atom. The highest BCUT2D eigenvalue weighted by atomic mass is 16.4. The van der Waals surface area contributed by atoms with Crippen LogP contribution in [0.15, 0.2) is 12.4 Å². The molecule has 1 heterocycles. The van der Waals surface area contributed by atoms with Crippen molar-refractivity contribution in [3.63, 3.8) is 0 Å². The first-order chi connectivity index (χ1) is 15.5. The quantitative estimate of drug-likeness (QED) is 0.226. The van der Waals surface area contributed by atoms with Gasteiger partial charge in [0.2, 0.25) is 0 Å². The summed E-state index contributed by atoms with van der Waals surface area (Å²) in [7, 11) is 0. The zero-order chi connectivity index (χ0) is 25.0. The summed E-state index contributed by atoms with van der Waals surface area (Å²) in [5, 5.41) is 46.1. The van der Waals surface area contributed by atoms with Crippen LogP contribution in [0.1, 0.15) is 12.8 Å². The van der Waals surface area contributed by atoms with Gasteiger partial charge in [-0.2, -0.15) is 0 Å². The van der Waals surface area contributed by atoms with Gasteiger partial charge in [0.25, 0.3) is 0 Å². The van der Waals surface area contributed by atoms with Crippen LogP contribution in [-0.2, 0) is 24.0 Å². The van der Waals surface area contributed by atoms with E-state index in [-0.39, 0.29) is 58.8 Å². The van der Waals surface area contributed by atoms with Gasteiger partial charge in [-0.25, -0.2) is 4.79 Å². The first-order valence-electron chi connectivity index (χ1n) is 10.2. The van der Waals surface area contributed by atoms with E-state index in [9.17, 15) is 39.3 Å². The van der Waals surface area contributed by atoms with Crippen molar-refractivity contribution in [1.29, 1.82) is 0 Å². The van der Waals surface area contributed by atoms with E-state index >= 15 is 0 Å². The first-order valence-corrected chi connectivity index (χ1v) is 10.2. The predicted molar refractivity (Wildman–Crippen MR) is 112 cm³/mol. The van der Waals surface area contributed by atoms with Gasteiger partial charge in [-0.1, -0.05) is 0 Å². The summed E-state index contributed by atoms with van der Waals surface area (Å²) < 4.78 is 0. The van der Waals surface area contributed by atoms with Crippen LogP contribution in [0.3, 0.4) is 0 Å². The molecule has 0 bridgehead atoms. The Bertz CT molecular complexity index is 744. The second-order valence-corrected chi connectivity index (χ2v) is 7.53. The minimum atomic E-state index is -1.27. The van der Waals surface area contributed by atoms with Gasteiger partial charge in [0.05, 0.1) is 13.1 Å². The van der Waals surface area contributed by atoms with E-state index in [1.165, 1.54) is 27.1 Å². The molecule has 0 fully saturated rings. The van der Waals surface area contributed by atoms with Crippen molar-refractivity contribution < 1.29 is 49.5 Å². The third kappa shape index (κ3) is 11.7. The number of nitrogens with zero attached hydrogens (tertiary/aromatic N) is 4. The zero-order valence-corrected chi connectivity index (χ0v) is 18.1. The van der Waals surface area contributed by atoms with Crippen molar-refractivity contribution in [2.24, 2.45) is 0 Å². The van der Waals surface area contributed by atoms with Gasteiger partial charge in [-0.3, -0.25) is 29.0 Å². The molecule has 1 aliphatic heterocycles. The van der Waals surface area contributed by atoms with Crippen LogP contribution in [-0.4, -0.2) is 140 Å². The van der Waals surface area contributed by atoms with Gasteiger partial charge in [0, 0.05) is 58.1 Å². The molecule has 186 valence electrons. The molecule has 0 aromatic rings. The summed E-state index contributed by atoms with van der Waals surface area (Å²) in [5.74, 6) is -5.77. The molecule has 33 heavy (non-hydrogen) atoms. The Kier molecular flexibility index (Phi) is 11.6. The topological polar surface area (TPSA) is 199 Å². The Balaban J connectivity index is 3.22. The molecule has 1 aliphatic rings. The second kappa shape index (κ2) is 13.9. The average molecular weight is 474 g/mol. The minimum absolute atomic E-state index is 0.0280. The van der Waals surface area contributed by atoms with Gasteiger partial charge in [0.15, 0.2) is 0 Å². The van der Waals surface area contributed by atoms with Crippen LogP contribution in [0.25, 0.3) is 0 Å². The van der Waals surface area contributed by atoms with Crippen molar-refractivity contribution in [3.05, 3.63) is 12.4 Å². The monoisotopic (exact) mass is 474 g/mol. The largest absolute Gasteiger partial charge is 0.481 e. The lowest BCUT2D eigenvalue weighted by atomic mass is 10.1. The maximum absolute atomic E-state index is 11.8. The normalized spacial score (nSPS) is 18.5. The van der Waals surface area contributed by atoms with Gasteiger partial charge in [0.1, 0.15) is 12.6 Å².